The van der Waals surface area contributed by atoms with Crippen LogP contribution in [0.3, 0.4) is 0 Å². The first kappa shape index (κ1) is 18.6. The van der Waals surface area contributed by atoms with Gasteiger partial charge in [0, 0.05) is 11.8 Å². The molecule has 3 saturated carbocycles. The fraction of sp³-hybridized carbons (Fsp3) is 0.760. The van der Waals surface area contributed by atoms with Crippen molar-refractivity contribution in [3.05, 3.63) is 23.0 Å². The summed E-state index contributed by atoms with van der Waals surface area (Å²) in [6, 6.07) is 0. The van der Waals surface area contributed by atoms with Crippen LogP contribution in [-0.2, 0) is 11.2 Å². The number of hydrogen-bond acceptors (Lipinski definition) is 2. The van der Waals surface area contributed by atoms with E-state index in [1.807, 2.05) is 6.20 Å². The minimum absolute atomic E-state index is 0.140. The lowest BCUT2D eigenvalue weighted by molar-refractivity contribution is -0.143. The van der Waals surface area contributed by atoms with Gasteiger partial charge in [0.05, 0.1) is 11.9 Å². The fourth-order valence-corrected chi connectivity index (χ4v) is 8.51. The van der Waals surface area contributed by atoms with E-state index in [1.165, 1.54) is 43.4 Å². The first-order chi connectivity index (χ1) is 13.3. The molecule has 0 bridgehead atoms. The number of Topliss-reactive ketones (excluding diaryl/α,β-unsaturated/α-hetero) is 1. The zero-order valence-electron chi connectivity index (χ0n) is 18.3. The number of fused-ring (bicyclic) bond motifs is 6. The molecule has 0 aromatic carbocycles. The third kappa shape index (κ3) is 2.06. The van der Waals surface area contributed by atoms with Gasteiger partial charge in [0.1, 0.15) is 5.78 Å². The van der Waals surface area contributed by atoms with Crippen molar-refractivity contribution >= 4 is 11.9 Å². The number of nitrogens with zero attached hydrogens (tertiary/aromatic N) is 1. The van der Waals surface area contributed by atoms with E-state index in [-0.39, 0.29) is 16.2 Å². The Morgan fingerprint density at radius 3 is 2.79 bits per heavy atom. The maximum atomic E-state index is 13.1. The van der Waals surface area contributed by atoms with Crippen molar-refractivity contribution in [3.8, 4) is 0 Å². The van der Waals surface area contributed by atoms with E-state index < -0.39 is 0 Å². The highest BCUT2D eigenvalue weighted by Crippen LogP contribution is 2.71. The summed E-state index contributed by atoms with van der Waals surface area (Å²) in [4.78, 5) is 13.1. The highest BCUT2D eigenvalue weighted by atomic mass is 16.1. The highest BCUT2D eigenvalue weighted by Gasteiger charge is 2.66. The molecule has 7 atom stereocenters. The maximum absolute atomic E-state index is 13.1. The largest absolute Gasteiger partial charge is 0.299 e. The summed E-state index contributed by atoms with van der Waals surface area (Å²) in [5.41, 5.74) is 4.59. The number of carbonyl (C=O) groups is 1. The van der Waals surface area contributed by atoms with Gasteiger partial charge in [-0.15, -0.1) is 0 Å². The molecule has 3 nitrogen and oxygen atoms in total. The van der Waals surface area contributed by atoms with Crippen LogP contribution in [0.4, 0.5) is 0 Å². The van der Waals surface area contributed by atoms with Gasteiger partial charge < -0.3 is 0 Å². The number of aromatic amines is 1. The molecule has 152 valence electrons. The molecule has 4 aliphatic carbocycles. The molecule has 4 aliphatic rings. The van der Waals surface area contributed by atoms with Crippen LogP contribution in [0.2, 0.25) is 0 Å². The van der Waals surface area contributed by atoms with Crippen LogP contribution >= 0.6 is 0 Å². The molecule has 1 aromatic heterocycles. The van der Waals surface area contributed by atoms with Gasteiger partial charge in [-0.25, -0.2) is 0 Å². The number of H-pyrrole nitrogens is 1. The maximum Gasteiger partial charge on any atom is 0.139 e. The Balaban J connectivity index is 1.53. The summed E-state index contributed by atoms with van der Waals surface area (Å²) in [7, 11) is 0. The lowest BCUT2D eigenvalue weighted by Gasteiger charge is -2.59. The Bertz CT molecular complexity index is 852. The van der Waals surface area contributed by atoms with Crippen molar-refractivity contribution in [2.24, 2.45) is 39.9 Å². The summed E-state index contributed by atoms with van der Waals surface area (Å²) in [5.74, 6) is 3.23. The zero-order chi connectivity index (χ0) is 19.9. The van der Waals surface area contributed by atoms with Crippen molar-refractivity contribution in [2.75, 3.05) is 0 Å². The molecule has 3 fully saturated rings. The van der Waals surface area contributed by atoms with E-state index in [9.17, 15) is 4.79 Å². The Kier molecular flexibility index (Phi) is 3.88. The van der Waals surface area contributed by atoms with Crippen molar-refractivity contribution in [1.29, 1.82) is 0 Å². The Hall–Kier alpha value is -1.38. The normalized spacial score (nSPS) is 46.8. The molecule has 0 spiro atoms. The van der Waals surface area contributed by atoms with E-state index in [0.29, 0.717) is 24.0 Å². The van der Waals surface area contributed by atoms with Crippen LogP contribution < -0.4 is 0 Å². The average Bonchev–Trinajstić information content (AvgIpc) is 3.20. The lowest BCUT2D eigenvalue weighted by Crippen LogP contribution is -2.54. The predicted octanol–water partition coefficient (Wildman–Crippen LogP) is 5.82. The number of hydrogen-bond donors (Lipinski definition) is 1. The summed E-state index contributed by atoms with van der Waals surface area (Å²) >= 11 is 0. The second kappa shape index (κ2) is 5.83. The van der Waals surface area contributed by atoms with Gasteiger partial charge in [-0.3, -0.25) is 9.89 Å². The van der Waals surface area contributed by atoms with Gasteiger partial charge in [-0.05, 0) is 84.7 Å². The molecule has 1 aromatic rings. The van der Waals surface area contributed by atoms with E-state index in [4.69, 9.17) is 0 Å². The second-order valence-corrected chi connectivity index (χ2v) is 11.1. The van der Waals surface area contributed by atoms with E-state index in [1.54, 1.807) is 5.57 Å². The standard InChI is InChI=1S/C25H36N2O/c1-6-22(28)25(5)15(2)11-20-18-8-7-17-12-21-16(14-26-27-21)13-23(17,3)19(18)9-10-24(20,25)4/h12,14-15,18-20H,6-11,13H2,1-5H3,(H,26,27)/t15-,18-,19+,20+,23+,24+,25-/m1/s1. The number of rotatable bonds is 2. The molecule has 0 aliphatic heterocycles. The molecule has 0 unspecified atom stereocenters. The van der Waals surface area contributed by atoms with Crippen LogP contribution in [0.1, 0.15) is 84.4 Å². The van der Waals surface area contributed by atoms with Crippen molar-refractivity contribution in [1.82, 2.24) is 10.2 Å². The molecular formula is C25H36N2O. The molecule has 1 heterocycles. The first-order valence-corrected chi connectivity index (χ1v) is 11.5. The molecule has 0 radical (unpaired) electrons. The van der Waals surface area contributed by atoms with Crippen LogP contribution in [0.15, 0.2) is 11.8 Å². The smallest absolute Gasteiger partial charge is 0.139 e. The quantitative estimate of drug-likeness (QED) is 0.702. The van der Waals surface area contributed by atoms with Crippen LogP contribution in [-0.4, -0.2) is 16.0 Å². The highest BCUT2D eigenvalue weighted by molar-refractivity contribution is 5.86. The topological polar surface area (TPSA) is 45.8 Å². The Morgan fingerprint density at radius 2 is 2.04 bits per heavy atom. The summed E-state index contributed by atoms with van der Waals surface area (Å²) in [6.07, 6.45) is 12.5. The molecular weight excluding hydrogens is 344 g/mol. The Morgan fingerprint density at radius 1 is 1.25 bits per heavy atom. The number of nitrogens with one attached hydrogen (secondary N) is 1. The number of aromatic nitrogens is 2. The number of ketones is 1. The summed E-state index contributed by atoms with van der Waals surface area (Å²) in [6.45, 7) is 11.8. The average molecular weight is 381 g/mol. The second-order valence-electron chi connectivity index (χ2n) is 11.1. The van der Waals surface area contributed by atoms with Gasteiger partial charge in [-0.2, -0.15) is 5.10 Å². The minimum Gasteiger partial charge on any atom is -0.299 e. The fourth-order valence-electron chi connectivity index (χ4n) is 8.51. The molecule has 1 N–H and O–H groups in total. The molecule has 28 heavy (non-hydrogen) atoms. The third-order valence-electron chi connectivity index (χ3n) is 10.4. The minimum atomic E-state index is -0.140. The van der Waals surface area contributed by atoms with Gasteiger partial charge in [0.25, 0.3) is 0 Å². The van der Waals surface area contributed by atoms with Crippen molar-refractivity contribution in [3.63, 3.8) is 0 Å². The monoisotopic (exact) mass is 380 g/mol. The van der Waals surface area contributed by atoms with E-state index in [0.717, 1.165) is 18.3 Å². The number of allylic oxidation sites excluding steroid dienone is 1. The molecule has 3 heteroatoms. The van der Waals surface area contributed by atoms with Gasteiger partial charge in [0.2, 0.25) is 0 Å². The zero-order valence-corrected chi connectivity index (χ0v) is 18.3. The van der Waals surface area contributed by atoms with E-state index in [2.05, 4.69) is 50.9 Å². The van der Waals surface area contributed by atoms with Gasteiger partial charge in [-0.1, -0.05) is 40.2 Å². The predicted molar refractivity (Wildman–Crippen MR) is 113 cm³/mol. The third-order valence-corrected chi connectivity index (χ3v) is 10.4. The molecule has 0 saturated heterocycles. The van der Waals surface area contributed by atoms with Gasteiger partial charge in [0.15, 0.2) is 0 Å². The Labute approximate surface area is 169 Å². The van der Waals surface area contributed by atoms with Crippen molar-refractivity contribution in [2.45, 2.75) is 79.6 Å². The lowest BCUT2D eigenvalue weighted by atomic mass is 9.45. The number of carbonyl (C=O) groups excluding carboxylic acids is 1. The summed E-state index contributed by atoms with van der Waals surface area (Å²) < 4.78 is 0. The van der Waals surface area contributed by atoms with Gasteiger partial charge >= 0.3 is 0 Å². The van der Waals surface area contributed by atoms with Crippen LogP contribution in [0.5, 0.6) is 0 Å². The van der Waals surface area contributed by atoms with Crippen LogP contribution in [0, 0.1) is 39.9 Å². The summed E-state index contributed by atoms with van der Waals surface area (Å²) in [5, 5.41) is 7.51. The van der Waals surface area contributed by atoms with Crippen LogP contribution in [0.25, 0.3) is 6.08 Å². The van der Waals surface area contributed by atoms with E-state index >= 15 is 0 Å². The molecule has 5 rings (SSSR count). The van der Waals surface area contributed by atoms with Crippen molar-refractivity contribution < 1.29 is 4.79 Å². The molecule has 0 amide bonds. The first-order valence-electron chi connectivity index (χ1n) is 11.5. The SMILES string of the molecule is CCC(=O)[C@@]1(C)[C@H](C)C[C@H]2[C@@H]3CCC4=Cc5[nH]ncc5C[C@]4(C)[C@H]3CC[C@@]21C.